The van der Waals surface area contributed by atoms with Crippen LogP contribution in [0.15, 0.2) is 36.5 Å². The molecule has 1 aromatic carbocycles. The van der Waals surface area contributed by atoms with Crippen LogP contribution in [0, 0.1) is 24.1 Å². The van der Waals surface area contributed by atoms with E-state index in [4.69, 9.17) is 0 Å². The standard InChI is InChI=1S/C25H25FN6OS/c1-15-9-24(34-31-15)30-22-11-19(13-28-23(22)12-27)32-8-2-3-18(14-32)29-25(33)20-7-6-17(10-21(20)26)16-4-5-16/h6-7,9-11,13,16,18,30H,2-5,8,14H2,1H3,(H,29,33)/t18-/m1/s1. The molecule has 5 rings (SSSR count). The van der Waals surface area contributed by atoms with E-state index in [0.717, 1.165) is 54.2 Å². The number of aromatic nitrogens is 2. The summed E-state index contributed by atoms with van der Waals surface area (Å²) in [7, 11) is 0. The fraction of sp³-hybridized carbons (Fsp3) is 0.360. The summed E-state index contributed by atoms with van der Waals surface area (Å²) in [6.45, 7) is 3.31. The highest BCUT2D eigenvalue weighted by Crippen LogP contribution is 2.40. The second-order valence-corrected chi connectivity index (χ2v) is 9.74. The van der Waals surface area contributed by atoms with Crippen molar-refractivity contribution in [1.82, 2.24) is 14.7 Å². The highest BCUT2D eigenvalue weighted by molar-refractivity contribution is 7.10. The second kappa shape index (κ2) is 9.39. The first-order valence-electron chi connectivity index (χ1n) is 11.5. The van der Waals surface area contributed by atoms with Crippen LogP contribution in [0.1, 0.15) is 58.9 Å². The zero-order valence-electron chi connectivity index (χ0n) is 18.8. The first-order chi connectivity index (χ1) is 16.5. The zero-order chi connectivity index (χ0) is 23.7. The number of nitrogens with one attached hydrogen (secondary N) is 2. The Balaban J connectivity index is 1.28. The predicted molar refractivity (Wildman–Crippen MR) is 130 cm³/mol. The van der Waals surface area contributed by atoms with Crippen LogP contribution in [0.25, 0.3) is 0 Å². The largest absolute Gasteiger partial charge is 0.368 e. The molecule has 3 heterocycles. The maximum absolute atomic E-state index is 14.6. The number of pyridine rings is 1. The fourth-order valence-corrected chi connectivity index (χ4v) is 5.02. The van der Waals surface area contributed by atoms with Gasteiger partial charge in [0, 0.05) is 19.1 Å². The molecule has 1 atom stereocenters. The number of hydrogen-bond acceptors (Lipinski definition) is 7. The summed E-state index contributed by atoms with van der Waals surface area (Å²) in [4.78, 5) is 19.3. The number of hydrogen-bond donors (Lipinski definition) is 2. The van der Waals surface area contributed by atoms with Gasteiger partial charge in [-0.3, -0.25) is 4.79 Å². The van der Waals surface area contributed by atoms with E-state index >= 15 is 0 Å². The van der Waals surface area contributed by atoms with Crippen LogP contribution in [-0.4, -0.2) is 34.4 Å². The minimum atomic E-state index is -0.458. The Hall–Kier alpha value is -3.51. The van der Waals surface area contributed by atoms with Gasteiger partial charge in [-0.2, -0.15) is 9.64 Å². The summed E-state index contributed by atoms with van der Waals surface area (Å²) in [6.07, 6.45) is 5.56. The number of carbonyl (C=O) groups is 1. The van der Waals surface area contributed by atoms with Gasteiger partial charge >= 0.3 is 0 Å². The van der Waals surface area contributed by atoms with Gasteiger partial charge in [-0.1, -0.05) is 6.07 Å². The molecule has 0 bridgehead atoms. The SMILES string of the molecule is Cc1cc(Nc2cc(N3CCC[C@@H](NC(=O)c4ccc(C5CC5)cc4F)C3)cnc2C#N)sn1. The van der Waals surface area contributed by atoms with Gasteiger partial charge in [0.1, 0.15) is 16.9 Å². The van der Waals surface area contributed by atoms with Crippen molar-refractivity contribution in [2.45, 2.75) is 44.6 Å². The minimum absolute atomic E-state index is 0.0906. The lowest BCUT2D eigenvalue weighted by molar-refractivity contribution is 0.0929. The van der Waals surface area contributed by atoms with Crippen molar-refractivity contribution in [3.8, 4) is 6.07 Å². The van der Waals surface area contributed by atoms with Crippen LogP contribution in [0.2, 0.25) is 0 Å². The van der Waals surface area contributed by atoms with Crippen molar-refractivity contribution in [3.05, 3.63) is 64.9 Å². The maximum Gasteiger partial charge on any atom is 0.254 e. The summed E-state index contributed by atoms with van der Waals surface area (Å²) in [6, 6.07) is 10.8. The Labute approximate surface area is 201 Å². The van der Waals surface area contributed by atoms with Gasteiger partial charge in [-0.15, -0.1) is 0 Å². The molecular formula is C25H25FN6OS. The predicted octanol–water partition coefficient (Wildman–Crippen LogP) is 4.88. The molecule has 34 heavy (non-hydrogen) atoms. The minimum Gasteiger partial charge on any atom is -0.368 e. The Morgan fingerprint density at radius 3 is 2.82 bits per heavy atom. The van der Waals surface area contributed by atoms with Crippen LogP contribution >= 0.6 is 11.5 Å². The third-order valence-electron chi connectivity index (χ3n) is 6.27. The number of halogens is 1. The summed E-state index contributed by atoms with van der Waals surface area (Å²) in [5, 5.41) is 16.6. The van der Waals surface area contributed by atoms with E-state index in [-0.39, 0.29) is 17.5 Å². The smallest absolute Gasteiger partial charge is 0.254 e. The summed E-state index contributed by atoms with van der Waals surface area (Å²) < 4.78 is 18.8. The average molecular weight is 477 g/mol. The molecule has 2 fully saturated rings. The van der Waals surface area contributed by atoms with E-state index in [1.807, 2.05) is 25.1 Å². The molecule has 3 aromatic rings. The summed E-state index contributed by atoms with van der Waals surface area (Å²) >= 11 is 1.33. The van der Waals surface area contributed by atoms with Gasteiger partial charge in [0.25, 0.3) is 5.91 Å². The lowest BCUT2D eigenvalue weighted by Crippen LogP contribution is -2.48. The van der Waals surface area contributed by atoms with Crippen molar-refractivity contribution >= 4 is 33.8 Å². The van der Waals surface area contributed by atoms with Crippen LogP contribution < -0.4 is 15.5 Å². The molecule has 7 nitrogen and oxygen atoms in total. The van der Waals surface area contributed by atoms with Gasteiger partial charge in [-0.25, -0.2) is 9.37 Å². The van der Waals surface area contributed by atoms with Crippen molar-refractivity contribution in [3.63, 3.8) is 0 Å². The normalized spacial score (nSPS) is 17.8. The van der Waals surface area contributed by atoms with Gasteiger partial charge in [-0.05, 0) is 79.9 Å². The maximum atomic E-state index is 14.6. The lowest BCUT2D eigenvalue weighted by Gasteiger charge is -2.34. The molecule has 174 valence electrons. The summed E-state index contributed by atoms with van der Waals surface area (Å²) in [5.74, 6) is -0.397. The molecule has 2 aromatic heterocycles. The van der Waals surface area contributed by atoms with Crippen LogP contribution in [0.5, 0.6) is 0 Å². The topological polar surface area (TPSA) is 93.9 Å². The van der Waals surface area contributed by atoms with Crippen molar-refractivity contribution in [2.24, 2.45) is 0 Å². The fourth-order valence-electron chi connectivity index (χ4n) is 4.35. The number of rotatable bonds is 6. The molecule has 1 saturated carbocycles. The van der Waals surface area contributed by atoms with Gasteiger partial charge in [0.2, 0.25) is 0 Å². The Morgan fingerprint density at radius 2 is 2.12 bits per heavy atom. The molecule has 0 unspecified atom stereocenters. The van der Waals surface area contributed by atoms with E-state index in [2.05, 4.69) is 31.0 Å². The van der Waals surface area contributed by atoms with Crippen molar-refractivity contribution < 1.29 is 9.18 Å². The van der Waals surface area contributed by atoms with Gasteiger partial charge in [0.15, 0.2) is 5.69 Å². The highest BCUT2D eigenvalue weighted by atomic mass is 32.1. The first-order valence-corrected chi connectivity index (χ1v) is 12.2. The van der Waals surface area contributed by atoms with Gasteiger partial charge in [0.05, 0.1) is 28.8 Å². The molecule has 1 aliphatic carbocycles. The quantitative estimate of drug-likeness (QED) is 0.527. The number of nitrogens with zero attached hydrogens (tertiary/aromatic N) is 4. The van der Waals surface area contributed by atoms with E-state index in [0.29, 0.717) is 23.8 Å². The van der Waals surface area contributed by atoms with Crippen LogP contribution in [0.3, 0.4) is 0 Å². The highest BCUT2D eigenvalue weighted by Gasteiger charge is 2.27. The molecule has 0 spiro atoms. The molecule has 9 heteroatoms. The zero-order valence-corrected chi connectivity index (χ0v) is 19.7. The second-order valence-electron chi connectivity index (χ2n) is 8.93. The third kappa shape index (κ3) is 4.87. The van der Waals surface area contributed by atoms with E-state index in [1.165, 1.54) is 17.6 Å². The molecule has 1 saturated heterocycles. The Kier molecular flexibility index (Phi) is 6.16. The number of carbonyl (C=O) groups excluding carboxylic acids is 1. The Morgan fingerprint density at radius 1 is 1.26 bits per heavy atom. The van der Waals surface area contributed by atoms with E-state index in [1.54, 1.807) is 12.3 Å². The number of nitriles is 1. The molecule has 0 radical (unpaired) electrons. The van der Waals surface area contributed by atoms with Crippen molar-refractivity contribution in [1.29, 1.82) is 5.26 Å². The number of aryl methyl sites for hydroxylation is 1. The molecule has 1 aliphatic heterocycles. The van der Waals surface area contributed by atoms with Crippen LogP contribution in [0.4, 0.5) is 20.8 Å². The van der Waals surface area contributed by atoms with Gasteiger partial charge < -0.3 is 15.5 Å². The number of benzene rings is 1. The number of amides is 1. The summed E-state index contributed by atoms with van der Waals surface area (Å²) in [5.41, 5.74) is 3.76. The lowest BCUT2D eigenvalue weighted by atomic mass is 10.0. The average Bonchev–Trinajstić information content (AvgIpc) is 3.61. The molecular weight excluding hydrogens is 451 g/mol. The molecule has 2 N–H and O–H groups in total. The third-order valence-corrected chi connectivity index (χ3v) is 7.07. The number of piperidine rings is 1. The van der Waals surface area contributed by atoms with Crippen molar-refractivity contribution in [2.75, 3.05) is 23.3 Å². The molecule has 2 aliphatic rings. The number of anilines is 3. The van der Waals surface area contributed by atoms with E-state index in [9.17, 15) is 14.4 Å². The monoisotopic (exact) mass is 476 g/mol. The van der Waals surface area contributed by atoms with E-state index < -0.39 is 5.82 Å². The Bertz CT molecular complexity index is 1260. The molecule has 1 amide bonds. The van der Waals surface area contributed by atoms with Crippen LogP contribution in [-0.2, 0) is 0 Å². The first kappa shape index (κ1) is 22.3.